The van der Waals surface area contributed by atoms with Gasteiger partial charge in [-0.1, -0.05) is 5.21 Å². The minimum atomic E-state index is -4.75. The topological polar surface area (TPSA) is 75.0 Å². The number of aromatic nitrogens is 5. The number of hydrogen-bond donors (Lipinski definition) is 0. The normalized spacial score (nSPS) is 11.4. The second kappa shape index (κ2) is 6.71. The van der Waals surface area contributed by atoms with Crippen LogP contribution in [-0.4, -0.2) is 31.3 Å². The van der Waals surface area contributed by atoms with Crippen molar-refractivity contribution in [3.05, 3.63) is 54.4 Å². The minimum absolute atomic E-state index is 0.0130. The molecule has 0 fully saturated rings. The molecular formula is C14H9F4N5O2. The molecule has 0 aliphatic carbocycles. The summed E-state index contributed by atoms with van der Waals surface area (Å²) in [6, 6.07) is 5.08. The minimum Gasteiger partial charge on any atom is -0.457 e. The van der Waals surface area contributed by atoms with E-state index in [2.05, 4.69) is 25.0 Å². The van der Waals surface area contributed by atoms with Gasteiger partial charge in [0.25, 0.3) is 0 Å². The van der Waals surface area contributed by atoms with E-state index in [9.17, 15) is 17.6 Å². The zero-order chi connectivity index (χ0) is 17.9. The average Bonchev–Trinajstić information content (AvgIpc) is 3.02. The van der Waals surface area contributed by atoms with E-state index < -0.39 is 12.2 Å². The Balaban J connectivity index is 1.63. The molecule has 0 saturated heterocycles. The lowest BCUT2D eigenvalue weighted by Crippen LogP contribution is -2.17. The molecular weight excluding hydrogens is 346 g/mol. The van der Waals surface area contributed by atoms with Crippen molar-refractivity contribution in [2.45, 2.75) is 13.0 Å². The van der Waals surface area contributed by atoms with Crippen molar-refractivity contribution < 1.29 is 27.0 Å². The van der Waals surface area contributed by atoms with E-state index in [-0.39, 0.29) is 18.4 Å². The molecule has 3 rings (SSSR count). The Morgan fingerprint density at radius 3 is 2.36 bits per heavy atom. The van der Waals surface area contributed by atoms with Crippen LogP contribution in [-0.2, 0) is 6.61 Å². The van der Waals surface area contributed by atoms with E-state index >= 15 is 0 Å². The fourth-order valence-electron chi connectivity index (χ4n) is 1.80. The highest BCUT2D eigenvalue weighted by Gasteiger charge is 2.30. The second-order valence-electron chi connectivity index (χ2n) is 4.67. The average molecular weight is 355 g/mol. The number of ether oxygens (including phenoxy) is 2. The van der Waals surface area contributed by atoms with Gasteiger partial charge in [0.15, 0.2) is 5.82 Å². The van der Waals surface area contributed by atoms with Gasteiger partial charge in [-0.2, -0.15) is 0 Å². The Morgan fingerprint density at radius 2 is 1.72 bits per heavy atom. The quantitative estimate of drug-likeness (QED) is 0.655. The molecule has 130 valence electrons. The van der Waals surface area contributed by atoms with Gasteiger partial charge >= 0.3 is 12.4 Å². The van der Waals surface area contributed by atoms with E-state index in [1.165, 1.54) is 23.0 Å². The van der Waals surface area contributed by atoms with E-state index in [0.29, 0.717) is 11.4 Å². The molecule has 2 aromatic heterocycles. The highest BCUT2D eigenvalue weighted by atomic mass is 19.4. The summed E-state index contributed by atoms with van der Waals surface area (Å²) in [6.07, 6.45) is -1.31. The molecule has 11 heteroatoms. The van der Waals surface area contributed by atoms with Gasteiger partial charge in [0.1, 0.15) is 18.1 Å². The smallest absolute Gasteiger partial charge is 0.457 e. The van der Waals surface area contributed by atoms with Crippen molar-refractivity contribution in [1.29, 1.82) is 0 Å². The summed E-state index contributed by atoms with van der Waals surface area (Å²) in [5, 5.41) is 7.69. The van der Waals surface area contributed by atoms with Crippen LogP contribution in [0.5, 0.6) is 11.8 Å². The maximum absolute atomic E-state index is 12.7. The maximum atomic E-state index is 12.7. The fraction of sp³-hybridized carbons (Fsp3) is 0.143. The Kier molecular flexibility index (Phi) is 4.46. The monoisotopic (exact) mass is 355 g/mol. The van der Waals surface area contributed by atoms with E-state index in [1.807, 2.05) is 0 Å². The molecule has 0 atom stereocenters. The number of halogens is 4. The zero-order valence-corrected chi connectivity index (χ0v) is 12.3. The van der Waals surface area contributed by atoms with Crippen LogP contribution in [0.4, 0.5) is 17.6 Å². The van der Waals surface area contributed by atoms with Crippen molar-refractivity contribution in [3.8, 4) is 17.4 Å². The first-order valence-corrected chi connectivity index (χ1v) is 6.77. The summed E-state index contributed by atoms with van der Waals surface area (Å²) >= 11 is 0. The van der Waals surface area contributed by atoms with Crippen LogP contribution in [0.25, 0.3) is 5.69 Å². The van der Waals surface area contributed by atoms with Crippen molar-refractivity contribution >= 4 is 0 Å². The number of benzene rings is 1. The molecule has 0 spiro atoms. The maximum Gasteiger partial charge on any atom is 0.573 e. The van der Waals surface area contributed by atoms with Gasteiger partial charge in [-0.25, -0.2) is 19.0 Å². The Morgan fingerprint density at radius 1 is 1.04 bits per heavy atom. The first-order chi connectivity index (χ1) is 11.9. The van der Waals surface area contributed by atoms with Gasteiger partial charge < -0.3 is 9.47 Å². The molecule has 0 aliphatic heterocycles. The molecule has 2 heterocycles. The molecule has 0 bridgehead atoms. The van der Waals surface area contributed by atoms with Crippen LogP contribution in [0.2, 0.25) is 0 Å². The lowest BCUT2D eigenvalue weighted by molar-refractivity contribution is -0.274. The predicted octanol–water partition coefficient (Wildman–Crippen LogP) is 2.67. The van der Waals surface area contributed by atoms with Crippen LogP contribution < -0.4 is 9.47 Å². The molecule has 0 radical (unpaired) electrons. The van der Waals surface area contributed by atoms with Gasteiger partial charge in [-0.3, -0.25) is 0 Å². The van der Waals surface area contributed by atoms with Crippen LogP contribution in [0.3, 0.4) is 0 Å². The van der Waals surface area contributed by atoms with Crippen molar-refractivity contribution in [1.82, 2.24) is 25.0 Å². The summed E-state index contributed by atoms with van der Waals surface area (Å²) in [4.78, 5) is 7.26. The summed E-state index contributed by atoms with van der Waals surface area (Å²) in [7, 11) is 0. The number of alkyl halides is 3. The van der Waals surface area contributed by atoms with Gasteiger partial charge in [0, 0.05) is 0 Å². The van der Waals surface area contributed by atoms with Crippen LogP contribution in [0.1, 0.15) is 5.69 Å². The first-order valence-electron chi connectivity index (χ1n) is 6.77. The molecule has 1 aromatic carbocycles. The highest BCUT2D eigenvalue weighted by molar-refractivity contribution is 5.36. The van der Waals surface area contributed by atoms with Crippen LogP contribution in [0.15, 0.2) is 42.9 Å². The van der Waals surface area contributed by atoms with E-state index in [4.69, 9.17) is 4.74 Å². The van der Waals surface area contributed by atoms with Crippen LogP contribution in [0, 0.1) is 5.82 Å². The van der Waals surface area contributed by atoms with E-state index in [0.717, 1.165) is 24.5 Å². The molecule has 0 saturated carbocycles. The molecule has 25 heavy (non-hydrogen) atoms. The van der Waals surface area contributed by atoms with Crippen LogP contribution >= 0.6 is 0 Å². The molecule has 7 nitrogen and oxygen atoms in total. The summed E-state index contributed by atoms with van der Waals surface area (Å²) < 4.78 is 59.4. The van der Waals surface area contributed by atoms with Gasteiger partial charge in [-0.05, 0) is 24.3 Å². The lowest BCUT2D eigenvalue weighted by atomic mass is 10.3. The lowest BCUT2D eigenvalue weighted by Gasteiger charge is -2.08. The molecule has 0 unspecified atom stereocenters. The largest absolute Gasteiger partial charge is 0.573 e. The Bertz CT molecular complexity index is 834. The Hall–Kier alpha value is -3.24. The number of nitrogens with zero attached hydrogens (tertiary/aromatic N) is 5. The van der Waals surface area contributed by atoms with E-state index in [1.54, 1.807) is 0 Å². The third kappa shape index (κ3) is 4.62. The van der Waals surface area contributed by atoms with Crippen molar-refractivity contribution in [2.24, 2.45) is 0 Å². The molecule has 0 aliphatic rings. The zero-order valence-electron chi connectivity index (χ0n) is 12.3. The number of rotatable bonds is 5. The van der Waals surface area contributed by atoms with Gasteiger partial charge in [0.2, 0.25) is 0 Å². The van der Waals surface area contributed by atoms with Crippen molar-refractivity contribution in [3.63, 3.8) is 0 Å². The number of hydrogen-bond acceptors (Lipinski definition) is 6. The van der Waals surface area contributed by atoms with Gasteiger partial charge in [-0.15, -0.1) is 18.3 Å². The molecule has 0 N–H and O–H groups in total. The second-order valence-corrected chi connectivity index (χ2v) is 4.67. The highest BCUT2D eigenvalue weighted by Crippen LogP contribution is 2.23. The fourth-order valence-corrected chi connectivity index (χ4v) is 1.80. The third-order valence-electron chi connectivity index (χ3n) is 2.82. The summed E-state index contributed by atoms with van der Waals surface area (Å²) in [5.41, 5.74) is 0.898. The SMILES string of the molecule is Fc1cnc(OCc2cn(-c3ccc(OC(F)(F)F)cc3)nn2)nc1. The summed E-state index contributed by atoms with van der Waals surface area (Å²) in [6.45, 7) is -0.0130. The predicted molar refractivity (Wildman–Crippen MR) is 74.4 cm³/mol. The van der Waals surface area contributed by atoms with Crippen molar-refractivity contribution in [2.75, 3.05) is 0 Å². The first kappa shape index (κ1) is 16.6. The molecule has 3 aromatic rings. The Labute approximate surface area is 137 Å². The molecule has 0 amide bonds. The summed E-state index contributed by atoms with van der Waals surface area (Å²) in [5.74, 6) is -0.926. The third-order valence-corrected chi connectivity index (χ3v) is 2.82. The standard InChI is InChI=1S/C14H9F4N5O2/c15-9-5-19-13(20-6-9)24-8-10-7-23(22-21-10)11-1-3-12(4-2-11)25-14(16,17)18/h1-7H,8H2. The van der Waals surface area contributed by atoms with Gasteiger partial charge in [0.05, 0.1) is 24.3 Å².